The maximum absolute atomic E-state index is 15.2. The molecule has 0 bridgehead atoms. The minimum atomic E-state index is -0.647. The Kier molecular flexibility index (Phi) is 5.18. The fourth-order valence-corrected chi connectivity index (χ4v) is 3.89. The maximum Gasteiger partial charge on any atom is 0.280 e. The van der Waals surface area contributed by atoms with E-state index in [0.717, 1.165) is 13.1 Å². The highest BCUT2D eigenvalue weighted by atomic mass is 19.1. The Hall–Kier alpha value is -2.65. The number of benzene rings is 1. The van der Waals surface area contributed by atoms with Crippen LogP contribution >= 0.6 is 0 Å². The second kappa shape index (κ2) is 7.64. The van der Waals surface area contributed by atoms with E-state index in [9.17, 15) is 9.59 Å². The summed E-state index contributed by atoms with van der Waals surface area (Å²) in [7, 11) is 2.03. The van der Waals surface area contributed by atoms with Gasteiger partial charge in [0.1, 0.15) is 17.9 Å². The van der Waals surface area contributed by atoms with E-state index in [-0.39, 0.29) is 23.6 Å². The number of anilines is 1. The van der Waals surface area contributed by atoms with E-state index >= 15 is 4.39 Å². The summed E-state index contributed by atoms with van der Waals surface area (Å²) in [6.07, 6.45) is 1.52. The van der Waals surface area contributed by atoms with Gasteiger partial charge in [-0.3, -0.25) is 14.4 Å². The van der Waals surface area contributed by atoms with Crippen LogP contribution in [0.25, 0.3) is 10.9 Å². The van der Waals surface area contributed by atoms with Crippen LogP contribution in [0.3, 0.4) is 0 Å². The van der Waals surface area contributed by atoms with Crippen molar-refractivity contribution >= 4 is 22.5 Å². The van der Waals surface area contributed by atoms with Crippen LogP contribution in [0.5, 0.6) is 5.75 Å². The quantitative estimate of drug-likeness (QED) is 0.779. The maximum atomic E-state index is 15.2. The summed E-state index contributed by atoms with van der Waals surface area (Å²) in [5, 5.41) is 0.131. The monoisotopic (exact) mass is 404 g/mol. The molecule has 0 radical (unpaired) electrons. The molecule has 1 N–H and O–H groups in total. The van der Waals surface area contributed by atoms with Crippen LogP contribution in [0.15, 0.2) is 17.1 Å². The second-order valence-corrected chi connectivity index (χ2v) is 7.53. The molecule has 1 amide bonds. The Morgan fingerprint density at radius 1 is 1.34 bits per heavy atom. The minimum Gasteiger partial charge on any atom is -0.487 e. The number of aromatic nitrogens is 1. The predicted octanol–water partition coefficient (Wildman–Crippen LogP) is 1.53. The van der Waals surface area contributed by atoms with E-state index in [1.54, 1.807) is 6.92 Å². The molecule has 1 atom stereocenters. The number of hydrogen-bond donors (Lipinski definition) is 1. The number of carbonyl (C=O) groups is 1. The second-order valence-electron chi connectivity index (χ2n) is 7.53. The molecule has 2 aromatic rings. The molecule has 3 heterocycles. The number of pyridine rings is 1. The molecular formula is C20H25FN4O4. The number of amides is 1. The van der Waals surface area contributed by atoms with Crippen LogP contribution in [0.4, 0.5) is 10.1 Å². The molecule has 9 heteroatoms. The predicted molar refractivity (Wildman–Crippen MR) is 107 cm³/mol. The number of carbonyl (C=O) groups excluding carboxylic acids is 1. The molecule has 2 aliphatic heterocycles. The molecular weight excluding hydrogens is 379 g/mol. The highest BCUT2D eigenvalue weighted by Crippen LogP contribution is 2.42. The third-order valence-corrected chi connectivity index (χ3v) is 5.52. The molecule has 2 aliphatic rings. The molecule has 4 rings (SSSR count). The first-order valence-electron chi connectivity index (χ1n) is 9.82. The van der Waals surface area contributed by atoms with Gasteiger partial charge in [-0.1, -0.05) is 0 Å². The van der Waals surface area contributed by atoms with Crippen molar-refractivity contribution in [3.63, 3.8) is 0 Å². The van der Waals surface area contributed by atoms with E-state index < -0.39 is 17.2 Å². The highest BCUT2D eigenvalue weighted by Gasteiger charge is 2.31. The Morgan fingerprint density at radius 3 is 2.76 bits per heavy atom. The highest BCUT2D eigenvalue weighted by molar-refractivity contribution is 5.99. The van der Waals surface area contributed by atoms with Crippen molar-refractivity contribution in [3.05, 3.63) is 33.9 Å². The van der Waals surface area contributed by atoms with Crippen LogP contribution < -0.4 is 20.5 Å². The first kappa shape index (κ1) is 19.7. The van der Waals surface area contributed by atoms with E-state index in [1.807, 2.05) is 23.4 Å². The van der Waals surface area contributed by atoms with Gasteiger partial charge in [-0.25, -0.2) is 9.87 Å². The summed E-state index contributed by atoms with van der Waals surface area (Å²) in [5.41, 5.74) is 2.53. The van der Waals surface area contributed by atoms with Crippen molar-refractivity contribution in [2.45, 2.75) is 19.9 Å². The lowest BCUT2D eigenvalue weighted by Gasteiger charge is -2.37. The zero-order valence-corrected chi connectivity index (χ0v) is 16.8. The van der Waals surface area contributed by atoms with Gasteiger partial charge in [0.05, 0.1) is 23.6 Å². The summed E-state index contributed by atoms with van der Waals surface area (Å²) >= 11 is 0. The molecule has 156 valence electrons. The van der Waals surface area contributed by atoms with Crippen LogP contribution in [0.1, 0.15) is 30.2 Å². The normalized spacial score (nSPS) is 19.3. The van der Waals surface area contributed by atoms with Crippen LogP contribution in [-0.4, -0.2) is 61.8 Å². The average molecular weight is 404 g/mol. The number of nitrogens with zero attached hydrogens (tertiary/aromatic N) is 3. The smallest absolute Gasteiger partial charge is 0.280 e. The minimum absolute atomic E-state index is 0.0857. The third-order valence-electron chi connectivity index (χ3n) is 5.52. The van der Waals surface area contributed by atoms with Gasteiger partial charge in [-0.15, -0.1) is 0 Å². The molecule has 1 saturated heterocycles. The Labute approximate surface area is 167 Å². The number of hydrogen-bond acceptors (Lipinski definition) is 6. The molecule has 1 aromatic heterocycles. The van der Waals surface area contributed by atoms with Crippen LogP contribution in [0.2, 0.25) is 0 Å². The van der Waals surface area contributed by atoms with E-state index in [2.05, 4.69) is 10.4 Å². The molecule has 1 fully saturated rings. The lowest BCUT2D eigenvalue weighted by atomic mass is 10.0. The topological polar surface area (TPSA) is 76.0 Å². The number of hydroxylamine groups is 1. The van der Waals surface area contributed by atoms with Crippen molar-refractivity contribution < 1.29 is 18.8 Å². The SMILES string of the molecule is CCONC(=O)c1cn2c3c(c(N4CCN(C)CC4)c(F)cc3c1=O)OCC2C. The standard InChI is InChI=1S/C20H25FN4O4/c1-4-29-22-20(27)14-10-25-12(2)11-28-19-16(25)13(18(14)26)9-15(21)17(19)24-7-5-23(3)6-8-24/h9-10,12H,4-8,11H2,1-3H3,(H,22,27). The zero-order chi connectivity index (χ0) is 20.7. The molecule has 1 unspecified atom stereocenters. The van der Waals surface area contributed by atoms with Crippen molar-refractivity contribution in [2.24, 2.45) is 0 Å². The largest absolute Gasteiger partial charge is 0.487 e. The van der Waals surface area contributed by atoms with Crippen molar-refractivity contribution in [3.8, 4) is 5.75 Å². The van der Waals surface area contributed by atoms with Gasteiger partial charge in [0.25, 0.3) is 5.91 Å². The van der Waals surface area contributed by atoms with Crippen molar-refractivity contribution in [1.82, 2.24) is 14.9 Å². The molecule has 0 aliphatic carbocycles. The lowest BCUT2D eigenvalue weighted by Crippen LogP contribution is -2.45. The first-order valence-corrected chi connectivity index (χ1v) is 9.82. The van der Waals surface area contributed by atoms with E-state index in [4.69, 9.17) is 9.57 Å². The number of nitrogens with one attached hydrogen (secondary N) is 1. The summed E-state index contributed by atoms with van der Waals surface area (Å²) in [6, 6.07) is 1.11. The molecule has 1 aromatic carbocycles. The number of likely N-dealkylation sites (N-methyl/N-ethyl adjacent to an activating group) is 1. The molecule has 0 saturated carbocycles. The molecule has 0 spiro atoms. The summed E-state index contributed by atoms with van der Waals surface area (Å²) in [6.45, 7) is 7.21. The molecule has 29 heavy (non-hydrogen) atoms. The van der Waals surface area contributed by atoms with Crippen molar-refractivity contribution in [2.75, 3.05) is 51.3 Å². The Bertz CT molecular complexity index is 1010. The van der Waals surface area contributed by atoms with Gasteiger partial charge in [0, 0.05) is 32.4 Å². The number of halogens is 1. The number of rotatable bonds is 4. The van der Waals surface area contributed by atoms with Crippen LogP contribution in [-0.2, 0) is 4.84 Å². The average Bonchev–Trinajstić information content (AvgIpc) is 2.71. The summed E-state index contributed by atoms with van der Waals surface area (Å²) in [5.74, 6) is -0.791. The van der Waals surface area contributed by atoms with Gasteiger partial charge in [0.2, 0.25) is 5.43 Å². The van der Waals surface area contributed by atoms with Crippen LogP contribution in [0, 0.1) is 5.82 Å². The van der Waals surface area contributed by atoms with Gasteiger partial charge in [-0.2, -0.15) is 0 Å². The fourth-order valence-electron chi connectivity index (χ4n) is 3.89. The van der Waals surface area contributed by atoms with Gasteiger partial charge in [-0.05, 0) is 27.0 Å². The molecule has 8 nitrogen and oxygen atoms in total. The van der Waals surface area contributed by atoms with Gasteiger partial charge >= 0.3 is 0 Å². The Morgan fingerprint density at radius 2 is 2.07 bits per heavy atom. The van der Waals surface area contributed by atoms with E-state index in [1.165, 1.54) is 12.3 Å². The van der Waals surface area contributed by atoms with Gasteiger partial charge < -0.3 is 19.1 Å². The van der Waals surface area contributed by atoms with Crippen molar-refractivity contribution in [1.29, 1.82) is 0 Å². The summed E-state index contributed by atoms with van der Waals surface area (Å²) in [4.78, 5) is 34.5. The lowest BCUT2D eigenvalue weighted by molar-refractivity contribution is 0.0363. The third kappa shape index (κ3) is 3.34. The summed E-state index contributed by atoms with van der Waals surface area (Å²) < 4.78 is 23.0. The Balaban J connectivity index is 1.91. The zero-order valence-electron chi connectivity index (χ0n) is 16.8. The van der Waals surface area contributed by atoms with E-state index in [0.29, 0.717) is 36.6 Å². The number of piperazine rings is 1. The fraction of sp³-hybridized carbons (Fsp3) is 0.500. The van der Waals surface area contributed by atoms with Gasteiger partial charge in [0.15, 0.2) is 11.6 Å². The first-order chi connectivity index (χ1) is 13.9. The number of ether oxygens (including phenoxy) is 1.